The van der Waals surface area contributed by atoms with Gasteiger partial charge in [-0.2, -0.15) is 0 Å². The highest BCUT2D eigenvalue weighted by Crippen LogP contribution is 2.43. The van der Waals surface area contributed by atoms with Gasteiger partial charge in [0.05, 0.1) is 36.4 Å². The minimum atomic E-state index is 0.139. The Morgan fingerprint density at radius 2 is 1.69 bits per heavy atom. The number of aromatic nitrogens is 1. The van der Waals surface area contributed by atoms with E-state index in [-0.39, 0.29) is 5.91 Å². The molecule has 2 aromatic rings. The second-order valence-corrected chi connectivity index (χ2v) is 6.94. The van der Waals surface area contributed by atoms with E-state index >= 15 is 0 Å². The number of hydrogen-bond donors (Lipinski definition) is 2. The highest BCUT2D eigenvalue weighted by atomic mass is 16.5. The van der Waals surface area contributed by atoms with Crippen LogP contribution in [0.5, 0.6) is 17.2 Å². The number of ether oxygens (including phenoxy) is 3. The lowest BCUT2D eigenvalue weighted by Gasteiger charge is -2.13. The summed E-state index contributed by atoms with van der Waals surface area (Å²) in [4.78, 5) is 16.7. The molecule has 7 nitrogen and oxygen atoms in total. The number of nitrogens with one attached hydrogen (secondary N) is 2. The first kappa shape index (κ1) is 22.9. The van der Waals surface area contributed by atoms with E-state index in [2.05, 4.69) is 10.3 Å². The number of benzene rings is 1. The minimum absolute atomic E-state index is 0.139. The second-order valence-electron chi connectivity index (χ2n) is 6.94. The van der Waals surface area contributed by atoms with Crippen LogP contribution in [0.25, 0.3) is 10.9 Å². The van der Waals surface area contributed by atoms with E-state index in [1.807, 2.05) is 32.9 Å². The molecule has 1 aromatic carbocycles. The van der Waals surface area contributed by atoms with Gasteiger partial charge in [-0.25, -0.2) is 0 Å². The average molecular weight is 406 g/mol. The summed E-state index contributed by atoms with van der Waals surface area (Å²) in [7, 11) is 3.56. The number of hydrogen-bond acceptors (Lipinski definition) is 5. The van der Waals surface area contributed by atoms with Gasteiger partial charge in [-0.15, -0.1) is 0 Å². The number of nitrogens with zero attached hydrogens (tertiary/aromatic N) is 1. The number of carbonyl (C=O) groups is 1. The first-order valence-electron chi connectivity index (χ1n) is 10.5. The molecule has 2 N–H and O–H groups in total. The van der Waals surface area contributed by atoms with E-state index in [1.54, 1.807) is 19.0 Å². The third kappa shape index (κ3) is 6.03. The monoisotopic (exact) mass is 405 g/mol. The summed E-state index contributed by atoms with van der Waals surface area (Å²) in [6, 6.07) is 3.95. The van der Waals surface area contributed by atoms with Gasteiger partial charge in [-0.05, 0) is 52.3 Å². The molecule has 162 valence electrons. The first-order chi connectivity index (χ1) is 14.0. The molecule has 0 unspecified atom stereocenters. The van der Waals surface area contributed by atoms with Crippen molar-refractivity contribution in [1.29, 1.82) is 0 Å². The standard InChI is InChI=1S/C22H35N3O4/c1-6-27-18-12-11-16-20(22(18)29-8-3)21(28-7-2)17(24-16)10-9-14-23-15-13-19(26)25(4)5/h11-12,23-24H,6-10,13-15H2,1-5H3. The Hall–Kier alpha value is -2.41. The smallest absolute Gasteiger partial charge is 0.223 e. The van der Waals surface area contributed by atoms with Crippen LogP contribution in [0.2, 0.25) is 0 Å². The fraction of sp³-hybridized carbons (Fsp3) is 0.591. The topological polar surface area (TPSA) is 75.8 Å². The lowest BCUT2D eigenvalue weighted by atomic mass is 10.1. The van der Waals surface area contributed by atoms with E-state index in [4.69, 9.17) is 14.2 Å². The summed E-state index contributed by atoms with van der Waals surface area (Å²) in [5, 5.41) is 4.28. The van der Waals surface area contributed by atoms with Gasteiger partial charge < -0.3 is 29.4 Å². The van der Waals surface area contributed by atoms with Gasteiger partial charge >= 0.3 is 0 Å². The lowest BCUT2D eigenvalue weighted by molar-refractivity contribution is -0.128. The summed E-state index contributed by atoms with van der Waals surface area (Å²) >= 11 is 0. The molecule has 1 heterocycles. The molecule has 0 aliphatic rings. The van der Waals surface area contributed by atoms with Crippen molar-refractivity contribution in [3.8, 4) is 17.2 Å². The van der Waals surface area contributed by atoms with Crippen molar-refractivity contribution in [3.63, 3.8) is 0 Å². The second kappa shape index (κ2) is 11.6. The van der Waals surface area contributed by atoms with E-state index in [0.29, 0.717) is 32.8 Å². The van der Waals surface area contributed by atoms with Crippen LogP contribution in [-0.2, 0) is 11.2 Å². The quantitative estimate of drug-likeness (QED) is 0.500. The molecule has 0 atom stereocenters. The van der Waals surface area contributed by atoms with E-state index in [1.165, 1.54) is 0 Å². The Morgan fingerprint density at radius 1 is 1.00 bits per heavy atom. The van der Waals surface area contributed by atoms with Gasteiger partial charge in [-0.3, -0.25) is 4.79 Å². The molecule has 0 spiro atoms. The largest absolute Gasteiger partial charge is 0.491 e. The zero-order valence-corrected chi connectivity index (χ0v) is 18.4. The SMILES string of the molecule is CCOc1ccc2[nH]c(CCCNCCC(=O)N(C)C)c(OCC)c2c1OCC. The average Bonchev–Trinajstić information content (AvgIpc) is 3.04. The van der Waals surface area contributed by atoms with Crippen molar-refractivity contribution in [2.24, 2.45) is 0 Å². The summed E-state index contributed by atoms with van der Waals surface area (Å²) in [5.41, 5.74) is 2.04. The van der Waals surface area contributed by atoms with E-state index < -0.39 is 0 Å². The van der Waals surface area contributed by atoms with Crippen molar-refractivity contribution >= 4 is 16.8 Å². The Morgan fingerprint density at radius 3 is 2.34 bits per heavy atom. The summed E-state index contributed by atoms with van der Waals surface area (Å²) in [6.07, 6.45) is 2.29. The first-order valence-corrected chi connectivity index (χ1v) is 10.5. The third-order valence-electron chi connectivity index (χ3n) is 4.58. The lowest BCUT2D eigenvalue weighted by Crippen LogP contribution is -2.27. The van der Waals surface area contributed by atoms with Crippen LogP contribution in [-0.4, -0.2) is 62.8 Å². The van der Waals surface area contributed by atoms with Crippen LogP contribution in [0, 0.1) is 0 Å². The summed E-state index contributed by atoms with van der Waals surface area (Å²) in [6.45, 7) is 9.16. The third-order valence-corrected chi connectivity index (χ3v) is 4.58. The Bertz CT molecular complexity index is 786. The Labute approximate surface area is 173 Å². The van der Waals surface area contributed by atoms with Crippen LogP contribution in [0.4, 0.5) is 0 Å². The molecular formula is C22H35N3O4. The number of aromatic amines is 1. The Balaban J connectivity index is 2.11. The van der Waals surface area contributed by atoms with E-state index in [9.17, 15) is 4.79 Å². The number of amides is 1. The molecule has 0 bridgehead atoms. The molecule has 0 fully saturated rings. The highest BCUT2D eigenvalue weighted by Gasteiger charge is 2.20. The molecule has 1 amide bonds. The molecular weight excluding hydrogens is 370 g/mol. The predicted molar refractivity (Wildman–Crippen MR) is 116 cm³/mol. The van der Waals surface area contributed by atoms with Gasteiger partial charge in [0, 0.05) is 27.1 Å². The molecule has 2 rings (SSSR count). The van der Waals surface area contributed by atoms with Crippen molar-refractivity contribution < 1.29 is 19.0 Å². The maximum absolute atomic E-state index is 11.6. The fourth-order valence-electron chi connectivity index (χ4n) is 3.23. The number of carbonyl (C=O) groups excluding carboxylic acids is 1. The van der Waals surface area contributed by atoms with Gasteiger partial charge in [0.1, 0.15) is 0 Å². The van der Waals surface area contributed by atoms with Crippen molar-refractivity contribution in [3.05, 3.63) is 17.8 Å². The molecule has 0 radical (unpaired) electrons. The molecule has 29 heavy (non-hydrogen) atoms. The number of fused-ring (bicyclic) bond motifs is 1. The van der Waals surface area contributed by atoms with Crippen molar-refractivity contribution in [2.45, 2.75) is 40.0 Å². The predicted octanol–water partition coefficient (Wildman–Crippen LogP) is 3.36. The molecule has 0 aliphatic carbocycles. The maximum atomic E-state index is 11.6. The van der Waals surface area contributed by atoms with Gasteiger partial charge in [0.15, 0.2) is 17.2 Å². The number of rotatable bonds is 13. The van der Waals surface area contributed by atoms with Gasteiger partial charge in [0.25, 0.3) is 0 Å². The van der Waals surface area contributed by atoms with Crippen molar-refractivity contribution in [1.82, 2.24) is 15.2 Å². The maximum Gasteiger partial charge on any atom is 0.223 e. The number of aryl methyl sites for hydroxylation is 1. The van der Waals surface area contributed by atoms with E-state index in [0.717, 1.165) is 53.2 Å². The molecule has 1 aromatic heterocycles. The normalized spacial score (nSPS) is 10.9. The minimum Gasteiger partial charge on any atom is -0.491 e. The zero-order chi connectivity index (χ0) is 21.2. The number of H-pyrrole nitrogens is 1. The van der Waals surface area contributed by atoms with Crippen molar-refractivity contribution in [2.75, 3.05) is 47.0 Å². The summed E-state index contributed by atoms with van der Waals surface area (Å²) < 4.78 is 17.7. The van der Waals surface area contributed by atoms with Crippen LogP contribution in [0.15, 0.2) is 12.1 Å². The highest BCUT2D eigenvalue weighted by molar-refractivity contribution is 5.95. The summed E-state index contributed by atoms with van der Waals surface area (Å²) in [5.74, 6) is 2.45. The molecule has 7 heteroatoms. The molecule has 0 saturated carbocycles. The molecule has 0 aliphatic heterocycles. The van der Waals surface area contributed by atoms with Crippen LogP contribution >= 0.6 is 0 Å². The van der Waals surface area contributed by atoms with Crippen LogP contribution in [0.3, 0.4) is 0 Å². The molecule has 0 saturated heterocycles. The van der Waals surface area contributed by atoms with Crippen LogP contribution < -0.4 is 19.5 Å². The van der Waals surface area contributed by atoms with Gasteiger partial charge in [-0.1, -0.05) is 0 Å². The van der Waals surface area contributed by atoms with Gasteiger partial charge in [0.2, 0.25) is 5.91 Å². The zero-order valence-electron chi connectivity index (χ0n) is 18.4. The van der Waals surface area contributed by atoms with Crippen LogP contribution in [0.1, 0.15) is 39.3 Å². The fourth-order valence-corrected chi connectivity index (χ4v) is 3.23. The Kier molecular flexibility index (Phi) is 9.12.